The number of carbonyl (C=O) groups excluding carboxylic acids is 2. The summed E-state index contributed by atoms with van der Waals surface area (Å²) in [5, 5.41) is -0.142. The number of rotatable bonds is 6. The van der Waals surface area contributed by atoms with Crippen LogP contribution in [0.3, 0.4) is 0 Å². The van der Waals surface area contributed by atoms with Gasteiger partial charge in [-0.1, -0.05) is 37.3 Å². The molecule has 0 fully saturated rings. The fraction of sp³-hybridized carbons (Fsp3) is 0.429. The minimum atomic E-state index is -0.142. The van der Waals surface area contributed by atoms with Gasteiger partial charge in [0.25, 0.3) is 0 Å². The van der Waals surface area contributed by atoms with E-state index in [4.69, 9.17) is 0 Å². The van der Waals surface area contributed by atoms with Crippen LogP contribution in [0.1, 0.15) is 23.7 Å². The van der Waals surface area contributed by atoms with E-state index in [0.717, 1.165) is 6.42 Å². The third-order valence-corrected chi connectivity index (χ3v) is 3.99. The number of thioether (sulfide) groups is 1. The maximum atomic E-state index is 12.2. The van der Waals surface area contributed by atoms with Crippen LogP contribution in [-0.2, 0) is 4.79 Å². The van der Waals surface area contributed by atoms with Crippen LogP contribution < -0.4 is 0 Å². The Labute approximate surface area is 113 Å². The van der Waals surface area contributed by atoms with Gasteiger partial charge >= 0.3 is 0 Å². The second-order valence-electron chi connectivity index (χ2n) is 4.23. The SMILES string of the molecule is CCC(SCC(=O)N(C)C)C(=O)c1ccccc1. The molecule has 1 aromatic carbocycles. The number of hydrogen-bond donors (Lipinski definition) is 0. The predicted octanol–water partition coefficient (Wildman–Crippen LogP) is 2.47. The Kier molecular flexibility index (Phi) is 5.92. The second-order valence-corrected chi connectivity index (χ2v) is 5.42. The molecule has 0 N–H and O–H groups in total. The molecule has 1 rings (SSSR count). The molecule has 0 aromatic heterocycles. The molecule has 0 aliphatic heterocycles. The molecule has 0 radical (unpaired) electrons. The van der Waals surface area contributed by atoms with E-state index in [9.17, 15) is 9.59 Å². The summed E-state index contributed by atoms with van der Waals surface area (Å²) in [7, 11) is 3.45. The first-order valence-corrected chi connectivity index (χ1v) is 7.02. The van der Waals surface area contributed by atoms with E-state index in [1.807, 2.05) is 37.3 Å². The van der Waals surface area contributed by atoms with Gasteiger partial charge < -0.3 is 4.90 Å². The van der Waals surface area contributed by atoms with Crippen LogP contribution in [-0.4, -0.2) is 41.7 Å². The average molecular weight is 265 g/mol. The van der Waals surface area contributed by atoms with Crippen molar-refractivity contribution in [1.29, 1.82) is 0 Å². The van der Waals surface area contributed by atoms with E-state index >= 15 is 0 Å². The number of Topliss-reactive ketones (excluding diaryl/α,β-unsaturated/α-hetero) is 1. The average Bonchev–Trinajstić information content (AvgIpc) is 2.39. The zero-order valence-electron chi connectivity index (χ0n) is 11.1. The van der Waals surface area contributed by atoms with Gasteiger partial charge in [0.15, 0.2) is 5.78 Å². The van der Waals surface area contributed by atoms with Crippen molar-refractivity contribution in [2.75, 3.05) is 19.8 Å². The summed E-state index contributed by atoms with van der Waals surface area (Å²) < 4.78 is 0. The van der Waals surface area contributed by atoms with E-state index in [1.165, 1.54) is 11.8 Å². The molecule has 1 atom stereocenters. The number of carbonyl (C=O) groups is 2. The van der Waals surface area contributed by atoms with Gasteiger partial charge in [-0.15, -0.1) is 11.8 Å². The first kappa shape index (κ1) is 14.8. The summed E-state index contributed by atoms with van der Waals surface area (Å²) in [6, 6.07) is 9.24. The normalized spacial score (nSPS) is 11.9. The molecule has 0 spiro atoms. The summed E-state index contributed by atoms with van der Waals surface area (Å²) >= 11 is 1.42. The highest BCUT2D eigenvalue weighted by Crippen LogP contribution is 2.20. The van der Waals surface area contributed by atoms with Gasteiger partial charge in [-0.05, 0) is 6.42 Å². The van der Waals surface area contributed by atoms with Crippen LogP contribution in [0.15, 0.2) is 30.3 Å². The molecule has 98 valence electrons. The van der Waals surface area contributed by atoms with Crippen LogP contribution in [0.5, 0.6) is 0 Å². The minimum Gasteiger partial charge on any atom is -0.348 e. The Morgan fingerprint density at radius 2 is 1.83 bits per heavy atom. The fourth-order valence-electron chi connectivity index (χ4n) is 1.47. The van der Waals surface area contributed by atoms with E-state index < -0.39 is 0 Å². The quantitative estimate of drug-likeness (QED) is 0.742. The summed E-state index contributed by atoms with van der Waals surface area (Å²) in [6.45, 7) is 1.97. The van der Waals surface area contributed by atoms with Gasteiger partial charge in [0.1, 0.15) is 0 Å². The molecule has 1 unspecified atom stereocenters. The fourth-order valence-corrected chi connectivity index (χ4v) is 2.59. The van der Waals surface area contributed by atoms with Gasteiger partial charge in [0, 0.05) is 19.7 Å². The molecule has 0 aliphatic rings. The van der Waals surface area contributed by atoms with Gasteiger partial charge in [-0.3, -0.25) is 9.59 Å². The molecule has 1 amide bonds. The highest BCUT2D eigenvalue weighted by atomic mass is 32.2. The van der Waals surface area contributed by atoms with Gasteiger partial charge in [-0.25, -0.2) is 0 Å². The molecule has 4 heteroatoms. The highest BCUT2D eigenvalue weighted by molar-refractivity contribution is 8.01. The number of nitrogens with zero attached hydrogens (tertiary/aromatic N) is 1. The molecule has 0 saturated carbocycles. The summed E-state index contributed by atoms with van der Waals surface area (Å²) in [5.41, 5.74) is 0.717. The Morgan fingerprint density at radius 3 is 2.33 bits per heavy atom. The van der Waals surface area contributed by atoms with E-state index in [-0.39, 0.29) is 16.9 Å². The number of hydrogen-bond acceptors (Lipinski definition) is 3. The molecular weight excluding hydrogens is 246 g/mol. The Hall–Kier alpha value is -1.29. The highest BCUT2D eigenvalue weighted by Gasteiger charge is 2.20. The Balaban J connectivity index is 2.62. The number of ketones is 1. The lowest BCUT2D eigenvalue weighted by molar-refractivity contribution is -0.125. The first-order chi connectivity index (χ1) is 8.56. The maximum Gasteiger partial charge on any atom is 0.232 e. The predicted molar refractivity (Wildman–Crippen MR) is 76.0 cm³/mol. The van der Waals surface area contributed by atoms with E-state index in [1.54, 1.807) is 19.0 Å². The van der Waals surface area contributed by atoms with E-state index in [2.05, 4.69) is 0 Å². The summed E-state index contributed by atoms with van der Waals surface area (Å²) in [6.07, 6.45) is 0.735. The second kappa shape index (κ2) is 7.21. The molecule has 0 heterocycles. The van der Waals surface area contributed by atoms with Gasteiger partial charge in [0.05, 0.1) is 11.0 Å². The molecule has 3 nitrogen and oxygen atoms in total. The van der Waals surface area contributed by atoms with Crippen molar-refractivity contribution in [3.8, 4) is 0 Å². The molecule has 0 aliphatic carbocycles. The minimum absolute atomic E-state index is 0.0410. The third-order valence-electron chi connectivity index (χ3n) is 2.63. The van der Waals surface area contributed by atoms with Gasteiger partial charge in [-0.2, -0.15) is 0 Å². The van der Waals surface area contributed by atoms with Crippen LogP contribution in [0.4, 0.5) is 0 Å². The van der Waals surface area contributed by atoms with Crippen molar-refractivity contribution < 1.29 is 9.59 Å². The lowest BCUT2D eigenvalue weighted by Gasteiger charge is -2.15. The van der Waals surface area contributed by atoms with Crippen molar-refractivity contribution in [3.63, 3.8) is 0 Å². The lowest BCUT2D eigenvalue weighted by Crippen LogP contribution is -2.26. The van der Waals surface area contributed by atoms with Gasteiger partial charge in [0.2, 0.25) is 5.91 Å². The summed E-state index contributed by atoms with van der Waals surface area (Å²) in [4.78, 5) is 25.3. The molecular formula is C14H19NO2S. The maximum absolute atomic E-state index is 12.2. The van der Waals surface area contributed by atoms with Crippen molar-refractivity contribution >= 4 is 23.5 Å². The van der Waals surface area contributed by atoms with Crippen LogP contribution in [0, 0.1) is 0 Å². The zero-order chi connectivity index (χ0) is 13.5. The Morgan fingerprint density at radius 1 is 1.22 bits per heavy atom. The lowest BCUT2D eigenvalue weighted by atomic mass is 10.1. The molecule has 1 aromatic rings. The van der Waals surface area contributed by atoms with Crippen molar-refractivity contribution in [2.45, 2.75) is 18.6 Å². The monoisotopic (exact) mass is 265 g/mol. The molecule has 0 bridgehead atoms. The molecule has 18 heavy (non-hydrogen) atoms. The number of amides is 1. The van der Waals surface area contributed by atoms with E-state index in [0.29, 0.717) is 11.3 Å². The Bertz CT molecular complexity index is 404. The zero-order valence-corrected chi connectivity index (χ0v) is 11.9. The first-order valence-electron chi connectivity index (χ1n) is 5.97. The molecule has 0 saturated heterocycles. The van der Waals surface area contributed by atoms with Crippen molar-refractivity contribution in [3.05, 3.63) is 35.9 Å². The third kappa shape index (κ3) is 4.18. The standard InChI is InChI=1S/C14H19NO2S/c1-4-12(18-10-13(16)15(2)3)14(17)11-8-6-5-7-9-11/h5-9,12H,4,10H2,1-3H3. The largest absolute Gasteiger partial charge is 0.348 e. The topological polar surface area (TPSA) is 37.4 Å². The van der Waals surface area contributed by atoms with Crippen LogP contribution in [0.2, 0.25) is 0 Å². The number of benzene rings is 1. The van der Waals surface area contributed by atoms with Crippen molar-refractivity contribution in [2.24, 2.45) is 0 Å². The van der Waals surface area contributed by atoms with Crippen LogP contribution >= 0.6 is 11.8 Å². The van der Waals surface area contributed by atoms with Crippen molar-refractivity contribution in [1.82, 2.24) is 4.90 Å². The van der Waals surface area contributed by atoms with Crippen LogP contribution in [0.25, 0.3) is 0 Å². The summed E-state index contributed by atoms with van der Waals surface area (Å²) in [5.74, 6) is 0.498. The smallest absolute Gasteiger partial charge is 0.232 e.